The van der Waals surface area contributed by atoms with Gasteiger partial charge in [0.25, 0.3) is 5.69 Å². The number of carbonyl (C=O) groups is 1. The van der Waals surface area contributed by atoms with Crippen LogP contribution in [0.1, 0.15) is 25.0 Å². The second-order valence-electron chi connectivity index (χ2n) is 6.39. The first-order chi connectivity index (χ1) is 12.8. The lowest BCUT2D eigenvalue weighted by molar-refractivity contribution is -0.384. The molecule has 1 amide bonds. The van der Waals surface area contributed by atoms with Crippen LogP contribution in [0.3, 0.4) is 0 Å². The first-order valence-corrected chi connectivity index (χ1v) is 8.77. The van der Waals surface area contributed by atoms with Gasteiger partial charge in [-0.2, -0.15) is 0 Å². The molecule has 7 nitrogen and oxygen atoms in total. The molecule has 0 aliphatic rings. The maximum atomic E-state index is 12.6. The molecule has 2 aromatic carbocycles. The van der Waals surface area contributed by atoms with E-state index in [1.54, 1.807) is 6.92 Å². The molecule has 0 spiro atoms. The van der Waals surface area contributed by atoms with Crippen LogP contribution in [-0.2, 0) is 17.8 Å². The van der Waals surface area contributed by atoms with Gasteiger partial charge in [-0.1, -0.05) is 31.2 Å². The van der Waals surface area contributed by atoms with Gasteiger partial charge in [-0.05, 0) is 37.6 Å². The van der Waals surface area contributed by atoms with E-state index < -0.39 is 11.0 Å². The Balaban J connectivity index is 2.07. The normalized spacial score (nSPS) is 11.9. The van der Waals surface area contributed by atoms with E-state index in [1.165, 1.54) is 30.9 Å². The summed E-state index contributed by atoms with van der Waals surface area (Å²) in [6.07, 6.45) is 0.986. The summed E-state index contributed by atoms with van der Waals surface area (Å²) in [7, 11) is 3.31. The lowest BCUT2D eigenvalue weighted by Gasteiger charge is -2.24. The van der Waals surface area contributed by atoms with Crippen LogP contribution in [-0.4, -0.2) is 35.9 Å². The number of nitro benzene ring substituents is 1. The molecule has 0 bridgehead atoms. The zero-order valence-corrected chi connectivity index (χ0v) is 16.1. The smallest absolute Gasteiger partial charge is 0.271 e. The van der Waals surface area contributed by atoms with E-state index in [4.69, 9.17) is 4.74 Å². The first-order valence-electron chi connectivity index (χ1n) is 8.77. The van der Waals surface area contributed by atoms with Crippen LogP contribution in [0.2, 0.25) is 0 Å². The third-order valence-corrected chi connectivity index (χ3v) is 4.56. The zero-order valence-electron chi connectivity index (χ0n) is 16.1. The number of nitro groups is 1. The maximum Gasteiger partial charge on any atom is 0.271 e. The Morgan fingerprint density at radius 3 is 2.41 bits per heavy atom. The van der Waals surface area contributed by atoms with Crippen molar-refractivity contribution >= 4 is 17.3 Å². The van der Waals surface area contributed by atoms with Gasteiger partial charge in [0, 0.05) is 18.7 Å². The number of hydrogen-bond acceptors (Lipinski definition) is 5. The molecular formula is C20H25N3O4. The van der Waals surface area contributed by atoms with Gasteiger partial charge in [0.1, 0.15) is 5.75 Å². The minimum absolute atomic E-state index is 0.108. The molecule has 0 heterocycles. The molecular weight excluding hydrogens is 346 g/mol. The number of nitrogens with zero attached hydrogens (tertiary/aromatic N) is 2. The average molecular weight is 371 g/mol. The molecule has 2 rings (SSSR count). The van der Waals surface area contributed by atoms with Gasteiger partial charge < -0.3 is 10.1 Å². The first kappa shape index (κ1) is 20.4. The molecule has 2 aromatic rings. The largest absolute Gasteiger partial charge is 0.495 e. The van der Waals surface area contributed by atoms with Crippen LogP contribution in [0.15, 0.2) is 42.5 Å². The van der Waals surface area contributed by atoms with E-state index in [2.05, 4.69) is 36.5 Å². The van der Waals surface area contributed by atoms with Crippen molar-refractivity contribution in [3.05, 3.63) is 63.7 Å². The fourth-order valence-corrected chi connectivity index (χ4v) is 2.65. The summed E-state index contributed by atoms with van der Waals surface area (Å²) in [6.45, 7) is 4.51. The highest BCUT2D eigenvalue weighted by atomic mass is 16.6. The summed E-state index contributed by atoms with van der Waals surface area (Å²) in [4.78, 5) is 25.0. The predicted octanol–water partition coefficient (Wildman–Crippen LogP) is 3.62. The second-order valence-corrected chi connectivity index (χ2v) is 6.39. The van der Waals surface area contributed by atoms with Crippen molar-refractivity contribution < 1.29 is 14.5 Å². The second kappa shape index (κ2) is 9.14. The third kappa shape index (κ3) is 5.27. The van der Waals surface area contributed by atoms with Crippen molar-refractivity contribution in [3.8, 4) is 5.75 Å². The van der Waals surface area contributed by atoms with E-state index in [0.717, 1.165) is 12.0 Å². The number of non-ortho nitro benzene ring substituents is 1. The molecule has 0 saturated heterocycles. The Kier molecular flexibility index (Phi) is 6.90. The van der Waals surface area contributed by atoms with Crippen molar-refractivity contribution in [2.75, 3.05) is 19.5 Å². The fraction of sp³-hybridized carbons (Fsp3) is 0.350. The van der Waals surface area contributed by atoms with Crippen molar-refractivity contribution in [3.63, 3.8) is 0 Å². The van der Waals surface area contributed by atoms with Crippen molar-refractivity contribution in [2.24, 2.45) is 0 Å². The van der Waals surface area contributed by atoms with Gasteiger partial charge in [0.15, 0.2) is 0 Å². The number of anilines is 1. The standard InChI is InChI=1S/C20H25N3O4/c1-5-15-6-8-16(9-7-15)13-22(3)14(2)20(24)21-18-12-17(23(25)26)10-11-19(18)27-4/h6-12,14H,5,13H2,1-4H3,(H,21,24)/t14-/m1/s1. The molecule has 0 aromatic heterocycles. The number of amides is 1. The Bertz CT molecular complexity index is 805. The summed E-state index contributed by atoms with van der Waals surface area (Å²) < 4.78 is 5.19. The minimum atomic E-state index is -0.509. The highest BCUT2D eigenvalue weighted by Gasteiger charge is 2.21. The third-order valence-electron chi connectivity index (χ3n) is 4.56. The molecule has 0 fully saturated rings. The predicted molar refractivity (Wildman–Crippen MR) is 105 cm³/mol. The summed E-state index contributed by atoms with van der Waals surface area (Å²) in [5.41, 5.74) is 2.56. The number of methoxy groups -OCH3 is 1. The van der Waals surface area contributed by atoms with Crippen LogP contribution in [0.4, 0.5) is 11.4 Å². The summed E-state index contributed by atoms with van der Waals surface area (Å²) in [5.74, 6) is 0.112. The van der Waals surface area contributed by atoms with E-state index in [-0.39, 0.29) is 17.3 Å². The Labute approximate surface area is 159 Å². The monoisotopic (exact) mass is 371 g/mol. The molecule has 0 aliphatic heterocycles. The van der Waals surface area contributed by atoms with Gasteiger partial charge in [0.2, 0.25) is 5.91 Å². The molecule has 0 saturated carbocycles. The van der Waals surface area contributed by atoms with Gasteiger partial charge in [-0.15, -0.1) is 0 Å². The summed E-state index contributed by atoms with van der Waals surface area (Å²) in [5, 5.41) is 13.7. The molecule has 144 valence electrons. The van der Waals surface area contributed by atoms with Gasteiger partial charge in [-0.3, -0.25) is 19.8 Å². The number of carbonyl (C=O) groups excluding carboxylic acids is 1. The highest BCUT2D eigenvalue weighted by molar-refractivity contribution is 5.96. The minimum Gasteiger partial charge on any atom is -0.495 e. The molecule has 1 atom stereocenters. The Morgan fingerprint density at radius 1 is 1.22 bits per heavy atom. The lowest BCUT2D eigenvalue weighted by Crippen LogP contribution is -2.39. The van der Waals surface area contributed by atoms with Crippen LogP contribution in [0.5, 0.6) is 5.75 Å². The number of aryl methyl sites for hydroxylation is 1. The van der Waals surface area contributed by atoms with E-state index in [0.29, 0.717) is 12.3 Å². The van der Waals surface area contributed by atoms with Crippen LogP contribution < -0.4 is 10.1 Å². The van der Waals surface area contributed by atoms with Crippen molar-refractivity contribution in [1.82, 2.24) is 4.90 Å². The highest BCUT2D eigenvalue weighted by Crippen LogP contribution is 2.29. The quantitative estimate of drug-likeness (QED) is 0.566. The summed E-state index contributed by atoms with van der Waals surface area (Å²) in [6, 6.07) is 12.0. The lowest BCUT2D eigenvalue weighted by atomic mass is 10.1. The van der Waals surface area contributed by atoms with Crippen LogP contribution >= 0.6 is 0 Å². The van der Waals surface area contributed by atoms with Gasteiger partial charge in [-0.25, -0.2) is 0 Å². The number of nitrogens with one attached hydrogen (secondary N) is 1. The number of benzene rings is 2. The van der Waals surface area contributed by atoms with Crippen molar-refractivity contribution in [2.45, 2.75) is 32.9 Å². The fourth-order valence-electron chi connectivity index (χ4n) is 2.65. The molecule has 7 heteroatoms. The molecule has 0 unspecified atom stereocenters. The molecule has 0 radical (unpaired) electrons. The molecule has 0 aliphatic carbocycles. The maximum absolute atomic E-state index is 12.6. The Morgan fingerprint density at radius 2 is 1.85 bits per heavy atom. The van der Waals surface area contributed by atoms with E-state index in [9.17, 15) is 14.9 Å². The number of hydrogen-bond donors (Lipinski definition) is 1. The Hall–Kier alpha value is -2.93. The van der Waals surface area contributed by atoms with E-state index in [1.807, 2.05) is 11.9 Å². The molecule has 27 heavy (non-hydrogen) atoms. The van der Waals surface area contributed by atoms with Crippen molar-refractivity contribution in [1.29, 1.82) is 0 Å². The van der Waals surface area contributed by atoms with Gasteiger partial charge in [0.05, 0.1) is 23.8 Å². The SMILES string of the molecule is CCc1ccc(CN(C)[C@H](C)C(=O)Nc2cc([N+](=O)[O-])ccc2OC)cc1. The topological polar surface area (TPSA) is 84.7 Å². The summed E-state index contributed by atoms with van der Waals surface area (Å²) >= 11 is 0. The number of likely N-dealkylation sites (N-methyl/N-ethyl adjacent to an activating group) is 1. The number of ether oxygens (including phenoxy) is 1. The average Bonchev–Trinajstić information content (AvgIpc) is 2.67. The zero-order chi connectivity index (χ0) is 20.0. The van der Waals surface area contributed by atoms with Crippen LogP contribution in [0, 0.1) is 10.1 Å². The van der Waals surface area contributed by atoms with Gasteiger partial charge >= 0.3 is 0 Å². The molecule has 1 N–H and O–H groups in total. The van der Waals surface area contributed by atoms with Crippen LogP contribution in [0.25, 0.3) is 0 Å². The van der Waals surface area contributed by atoms with E-state index >= 15 is 0 Å². The number of rotatable bonds is 8.